The predicted octanol–water partition coefficient (Wildman–Crippen LogP) is 7.35. The van der Waals surface area contributed by atoms with E-state index in [0.717, 1.165) is 28.1 Å². The van der Waals surface area contributed by atoms with Crippen molar-refractivity contribution in [3.8, 4) is 23.3 Å². The summed E-state index contributed by atoms with van der Waals surface area (Å²) in [5.74, 6) is 1.75. The molecule has 0 radical (unpaired) electrons. The van der Waals surface area contributed by atoms with E-state index >= 15 is 0 Å². The lowest BCUT2D eigenvalue weighted by Gasteiger charge is -2.16. The van der Waals surface area contributed by atoms with Crippen molar-refractivity contribution in [3.63, 3.8) is 0 Å². The molecule has 0 saturated carbocycles. The largest absolute Gasteiger partial charge is 0.497 e. The minimum Gasteiger partial charge on any atom is -0.497 e. The fourth-order valence-corrected chi connectivity index (χ4v) is 5.32. The third kappa shape index (κ3) is 6.82. The van der Waals surface area contributed by atoms with Gasteiger partial charge in [-0.05, 0) is 78.4 Å². The molecule has 5 rings (SSSR count). The van der Waals surface area contributed by atoms with Gasteiger partial charge in [-0.15, -0.1) is 0 Å². The molecular weight excluding hydrogens is 546 g/mol. The van der Waals surface area contributed by atoms with E-state index in [0.29, 0.717) is 40.3 Å². The lowest BCUT2D eigenvalue weighted by molar-refractivity contribution is -0.122. The molecule has 0 unspecified atom stereocenters. The maximum Gasteiger partial charge on any atom is 0.267 e. The number of carbonyl (C=O) groups excluding carboxylic acids is 1. The number of benzene rings is 4. The molecule has 1 aliphatic rings. The van der Waals surface area contributed by atoms with Gasteiger partial charge in [-0.1, -0.05) is 54.6 Å². The van der Waals surface area contributed by atoms with Crippen LogP contribution in [0, 0.1) is 11.3 Å². The Kier molecular flexibility index (Phi) is 9.22. The van der Waals surface area contributed by atoms with Gasteiger partial charge in [0.05, 0.1) is 42.5 Å². The van der Waals surface area contributed by atoms with Crippen LogP contribution in [0.25, 0.3) is 6.08 Å². The molecule has 1 amide bonds. The van der Waals surface area contributed by atoms with E-state index in [-0.39, 0.29) is 12.5 Å². The normalized spacial score (nSPS) is 14.7. The number of para-hydroxylation sites is 1. The Hall–Kier alpha value is -5.00. The minimum atomic E-state index is -0.128. The van der Waals surface area contributed by atoms with Gasteiger partial charge in [-0.25, -0.2) is 4.99 Å². The van der Waals surface area contributed by atoms with Crippen molar-refractivity contribution in [3.05, 3.63) is 124 Å². The topological polar surface area (TPSA) is 84.2 Å². The molecular formula is C34H29N3O4S. The van der Waals surface area contributed by atoms with Gasteiger partial charge in [-0.2, -0.15) is 5.26 Å². The highest BCUT2D eigenvalue weighted by molar-refractivity contribution is 8.18. The molecule has 0 spiro atoms. The first-order chi connectivity index (χ1) is 20.6. The van der Waals surface area contributed by atoms with Crippen LogP contribution < -0.4 is 14.2 Å². The van der Waals surface area contributed by atoms with Crippen LogP contribution in [0.5, 0.6) is 17.2 Å². The van der Waals surface area contributed by atoms with Crippen molar-refractivity contribution in [2.24, 2.45) is 4.99 Å². The summed E-state index contributed by atoms with van der Waals surface area (Å²) < 4.78 is 17.2. The zero-order chi connectivity index (χ0) is 29.3. The van der Waals surface area contributed by atoms with E-state index in [2.05, 4.69) is 6.07 Å². The van der Waals surface area contributed by atoms with Gasteiger partial charge in [0.25, 0.3) is 5.91 Å². The number of methoxy groups -OCH3 is 1. The molecule has 1 saturated heterocycles. The van der Waals surface area contributed by atoms with E-state index in [1.165, 1.54) is 11.8 Å². The minimum absolute atomic E-state index is 0.128. The molecule has 4 aromatic carbocycles. The highest BCUT2D eigenvalue weighted by Gasteiger charge is 2.33. The number of thioether (sulfide) groups is 1. The Morgan fingerprint density at radius 3 is 2.43 bits per heavy atom. The third-order valence-electron chi connectivity index (χ3n) is 6.46. The van der Waals surface area contributed by atoms with Crippen LogP contribution in [0.4, 0.5) is 5.69 Å². The number of aliphatic imine (C=N–C) groups is 1. The molecule has 1 fully saturated rings. The monoisotopic (exact) mass is 575 g/mol. The number of carbonyl (C=O) groups is 1. The number of amidine groups is 1. The Balaban J connectivity index is 1.42. The molecule has 0 atom stereocenters. The third-order valence-corrected chi connectivity index (χ3v) is 7.46. The van der Waals surface area contributed by atoms with Crippen LogP contribution in [0.1, 0.15) is 29.2 Å². The smallest absolute Gasteiger partial charge is 0.267 e. The first-order valence-electron chi connectivity index (χ1n) is 13.4. The van der Waals surface area contributed by atoms with E-state index in [1.54, 1.807) is 18.1 Å². The van der Waals surface area contributed by atoms with Crippen LogP contribution in [-0.2, 0) is 17.9 Å². The van der Waals surface area contributed by atoms with Crippen LogP contribution >= 0.6 is 11.8 Å². The number of hydrogen-bond acceptors (Lipinski definition) is 7. The molecule has 42 heavy (non-hydrogen) atoms. The summed E-state index contributed by atoms with van der Waals surface area (Å²) in [6, 6.07) is 32.3. The number of hydrogen-bond donors (Lipinski definition) is 0. The molecule has 0 N–H and O–H groups in total. The SMILES string of the molecule is CCOc1cc(/C=C2\SC(=Nc3ccccc3)N(Cc3ccc(OC)cc3)C2=O)ccc1OCc1ccccc1C#N. The van der Waals surface area contributed by atoms with Crippen LogP contribution in [0.2, 0.25) is 0 Å². The van der Waals surface area contributed by atoms with Crippen molar-refractivity contribution in [2.75, 3.05) is 13.7 Å². The zero-order valence-corrected chi connectivity index (χ0v) is 24.1. The Morgan fingerprint density at radius 1 is 0.929 bits per heavy atom. The highest BCUT2D eigenvalue weighted by Crippen LogP contribution is 2.37. The van der Waals surface area contributed by atoms with Crippen molar-refractivity contribution in [1.29, 1.82) is 5.26 Å². The molecule has 4 aromatic rings. The van der Waals surface area contributed by atoms with E-state index < -0.39 is 0 Å². The maximum absolute atomic E-state index is 13.7. The summed E-state index contributed by atoms with van der Waals surface area (Å²) in [7, 11) is 1.63. The summed E-state index contributed by atoms with van der Waals surface area (Å²) in [6.45, 7) is 2.96. The van der Waals surface area contributed by atoms with Gasteiger partial charge in [0.15, 0.2) is 16.7 Å². The first kappa shape index (κ1) is 28.5. The molecule has 8 heteroatoms. The van der Waals surface area contributed by atoms with Crippen LogP contribution in [0.3, 0.4) is 0 Å². The van der Waals surface area contributed by atoms with Crippen molar-refractivity contribution < 1.29 is 19.0 Å². The number of amides is 1. The predicted molar refractivity (Wildman–Crippen MR) is 166 cm³/mol. The van der Waals surface area contributed by atoms with Gasteiger partial charge in [0.2, 0.25) is 0 Å². The summed E-state index contributed by atoms with van der Waals surface area (Å²) in [5.41, 5.74) is 3.89. The summed E-state index contributed by atoms with van der Waals surface area (Å²) in [6.07, 6.45) is 1.85. The molecule has 7 nitrogen and oxygen atoms in total. The summed E-state index contributed by atoms with van der Waals surface area (Å²) >= 11 is 1.34. The Bertz CT molecular complexity index is 1660. The Morgan fingerprint density at radius 2 is 1.69 bits per heavy atom. The second kappa shape index (κ2) is 13.6. The average molecular weight is 576 g/mol. The molecule has 0 aliphatic carbocycles. The second-order valence-electron chi connectivity index (χ2n) is 9.28. The van der Waals surface area contributed by atoms with E-state index in [4.69, 9.17) is 19.2 Å². The van der Waals surface area contributed by atoms with Crippen LogP contribution in [-0.4, -0.2) is 29.7 Å². The maximum atomic E-state index is 13.7. The number of ether oxygens (including phenoxy) is 3. The second-order valence-corrected chi connectivity index (χ2v) is 10.3. The molecule has 1 heterocycles. The summed E-state index contributed by atoms with van der Waals surface area (Å²) in [4.78, 5) is 20.7. The zero-order valence-electron chi connectivity index (χ0n) is 23.3. The van der Waals surface area contributed by atoms with Gasteiger partial charge in [-0.3, -0.25) is 9.69 Å². The summed E-state index contributed by atoms with van der Waals surface area (Å²) in [5, 5.41) is 9.99. The lowest BCUT2D eigenvalue weighted by Crippen LogP contribution is -2.28. The molecule has 1 aliphatic heterocycles. The van der Waals surface area contributed by atoms with E-state index in [9.17, 15) is 10.1 Å². The van der Waals surface area contributed by atoms with Gasteiger partial charge < -0.3 is 14.2 Å². The van der Waals surface area contributed by atoms with E-state index in [1.807, 2.05) is 104 Å². The number of nitriles is 1. The molecule has 0 bridgehead atoms. The molecule has 0 aromatic heterocycles. The first-order valence-corrected chi connectivity index (χ1v) is 14.3. The van der Waals surface area contributed by atoms with Gasteiger partial charge in [0, 0.05) is 5.56 Å². The van der Waals surface area contributed by atoms with Crippen molar-refractivity contribution in [1.82, 2.24) is 4.90 Å². The lowest BCUT2D eigenvalue weighted by atomic mass is 10.1. The standard InChI is InChI=1S/C34H29N3O4S/c1-3-40-31-19-25(15-18-30(31)41-23-27-10-8-7-9-26(27)21-35)20-32-33(38)37(22-24-13-16-29(39-2)17-14-24)34(42-32)36-28-11-5-4-6-12-28/h4-20H,3,22-23H2,1-2H3/b32-20-,36-34?. The fourth-order valence-electron chi connectivity index (χ4n) is 4.32. The van der Waals surface area contributed by atoms with Crippen molar-refractivity contribution >= 4 is 34.6 Å². The quantitative estimate of drug-likeness (QED) is 0.184. The highest BCUT2D eigenvalue weighted by atomic mass is 32.2. The number of nitrogens with zero attached hydrogens (tertiary/aromatic N) is 3. The fraction of sp³-hybridized carbons (Fsp3) is 0.147. The molecule has 210 valence electrons. The average Bonchev–Trinajstić information content (AvgIpc) is 3.30. The number of rotatable bonds is 10. The van der Waals surface area contributed by atoms with Crippen molar-refractivity contribution in [2.45, 2.75) is 20.1 Å². The van der Waals surface area contributed by atoms with Gasteiger partial charge in [0.1, 0.15) is 12.4 Å². The van der Waals surface area contributed by atoms with Crippen LogP contribution in [0.15, 0.2) is 107 Å². The van der Waals surface area contributed by atoms with Gasteiger partial charge >= 0.3 is 0 Å². The Labute approximate surface area is 249 Å².